The van der Waals surface area contributed by atoms with Gasteiger partial charge in [0.2, 0.25) is 0 Å². The van der Waals surface area contributed by atoms with Crippen LogP contribution in [0, 0.1) is 0 Å². The second-order valence-corrected chi connectivity index (χ2v) is 6.04. The molecule has 17 heavy (non-hydrogen) atoms. The Bertz CT molecular complexity index is 411. The van der Waals surface area contributed by atoms with E-state index in [0.29, 0.717) is 5.41 Å². The summed E-state index contributed by atoms with van der Waals surface area (Å²) in [6.45, 7) is 4.47. The van der Waals surface area contributed by atoms with Gasteiger partial charge in [-0.05, 0) is 44.4 Å². The minimum absolute atomic E-state index is 0.302. The van der Waals surface area contributed by atoms with Crippen molar-refractivity contribution in [3.63, 3.8) is 0 Å². The van der Waals surface area contributed by atoms with Crippen molar-refractivity contribution in [1.82, 2.24) is 0 Å². The lowest BCUT2D eigenvalue weighted by Crippen LogP contribution is -2.30. The summed E-state index contributed by atoms with van der Waals surface area (Å²) in [6, 6.07) is 8.88. The van der Waals surface area contributed by atoms with E-state index in [1.807, 2.05) is 0 Å². The molecule has 1 fully saturated rings. The Hall–Kier alpha value is -0.560. The predicted octanol–water partition coefficient (Wildman–Crippen LogP) is 5.62. The van der Waals surface area contributed by atoms with Crippen LogP contribution >= 0.6 is 15.9 Å². The van der Waals surface area contributed by atoms with Crippen molar-refractivity contribution in [3.8, 4) is 0 Å². The maximum atomic E-state index is 3.60. The van der Waals surface area contributed by atoms with Crippen LogP contribution in [0.4, 0.5) is 0 Å². The van der Waals surface area contributed by atoms with Crippen LogP contribution in [0.15, 0.2) is 40.4 Å². The molecule has 1 aliphatic rings. The Balaban J connectivity index is 2.46. The van der Waals surface area contributed by atoms with Crippen LogP contribution in [0.3, 0.4) is 0 Å². The summed E-state index contributed by atoms with van der Waals surface area (Å²) in [6.07, 6.45) is 9.02. The van der Waals surface area contributed by atoms with Crippen LogP contribution in [0.2, 0.25) is 0 Å². The molecule has 1 heteroatoms. The molecule has 0 spiro atoms. The zero-order valence-corrected chi connectivity index (χ0v) is 12.4. The first kappa shape index (κ1) is 12.9. The van der Waals surface area contributed by atoms with Crippen LogP contribution in [0.1, 0.15) is 51.5 Å². The third-order valence-electron chi connectivity index (χ3n) is 4.27. The van der Waals surface area contributed by atoms with Gasteiger partial charge in [0, 0.05) is 9.89 Å². The van der Waals surface area contributed by atoms with E-state index in [-0.39, 0.29) is 0 Å². The highest BCUT2D eigenvalue weighted by Gasteiger charge is 2.35. The lowest BCUT2D eigenvalue weighted by molar-refractivity contribution is 0.339. The zero-order valence-electron chi connectivity index (χ0n) is 10.8. The average Bonchev–Trinajstić information content (AvgIpc) is 2.38. The summed E-state index contributed by atoms with van der Waals surface area (Å²) in [5, 5.41) is 0. The Morgan fingerprint density at radius 3 is 2.53 bits per heavy atom. The summed E-state index contributed by atoms with van der Waals surface area (Å²) in [7, 11) is 0. The summed E-state index contributed by atoms with van der Waals surface area (Å²) < 4.78 is 1.20. The summed E-state index contributed by atoms with van der Waals surface area (Å²) in [5.74, 6) is 0. The molecule has 0 amide bonds. The lowest BCUT2D eigenvalue weighted by atomic mass is 9.65. The largest absolute Gasteiger partial charge is 0.0878 e. The van der Waals surface area contributed by atoms with E-state index in [2.05, 4.69) is 60.1 Å². The van der Waals surface area contributed by atoms with Crippen molar-refractivity contribution < 1.29 is 0 Å². The molecule has 0 nitrogen and oxygen atoms in total. The molecule has 2 rings (SSSR count). The van der Waals surface area contributed by atoms with Gasteiger partial charge in [0.1, 0.15) is 0 Å². The topological polar surface area (TPSA) is 0 Å². The van der Waals surface area contributed by atoms with E-state index in [1.165, 1.54) is 47.7 Å². The van der Waals surface area contributed by atoms with Crippen molar-refractivity contribution in [3.05, 3.63) is 46.0 Å². The van der Waals surface area contributed by atoms with Crippen molar-refractivity contribution in [2.24, 2.45) is 0 Å². The van der Waals surface area contributed by atoms with E-state index in [9.17, 15) is 0 Å². The van der Waals surface area contributed by atoms with Crippen molar-refractivity contribution in [2.45, 2.75) is 51.4 Å². The van der Waals surface area contributed by atoms with Crippen molar-refractivity contribution in [2.75, 3.05) is 0 Å². The molecular formula is C16H21Br. The van der Waals surface area contributed by atoms with Crippen LogP contribution in [-0.4, -0.2) is 0 Å². The summed E-state index contributed by atoms with van der Waals surface area (Å²) >= 11 is 3.60. The van der Waals surface area contributed by atoms with Crippen LogP contribution in [-0.2, 0) is 5.41 Å². The first-order chi connectivity index (χ1) is 8.19. The standard InChI is InChI=1S/C16H21Br/c1-3-13(2)16(10-5-4-6-11-16)14-8-7-9-15(17)12-14/h3,7-9,12H,4-6,10-11H2,1-2H3/b13-3+. The SMILES string of the molecule is C/C=C(\C)C1(c2cccc(Br)c2)CCCCC1. The van der Waals surface area contributed by atoms with Gasteiger partial charge in [0.15, 0.2) is 0 Å². The van der Waals surface area contributed by atoms with Gasteiger partial charge in [-0.1, -0.05) is 59.0 Å². The lowest BCUT2D eigenvalue weighted by Gasteiger charge is -2.39. The molecule has 0 atom stereocenters. The molecule has 0 aromatic heterocycles. The second-order valence-electron chi connectivity index (χ2n) is 5.12. The van der Waals surface area contributed by atoms with Crippen molar-refractivity contribution in [1.29, 1.82) is 0 Å². The summed E-state index contributed by atoms with van der Waals surface area (Å²) in [4.78, 5) is 0. The van der Waals surface area contributed by atoms with Gasteiger partial charge >= 0.3 is 0 Å². The van der Waals surface area contributed by atoms with Crippen molar-refractivity contribution >= 4 is 15.9 Å². The van der Waals surface area contributed by atoms with Gasteiger partial charge in [0.05, 0.1) is 0 Å². The molecule has 0 radical (unpaired) electrons. The van der Waals surface area contributed by atoms with E-state index >= 15 is 0 Å². The van der Waals surface area contributed by atoms with Gasteiger partial charge in [-0.25, -0.2) is 0 Å². The van der Waals surface area contributed by atoms with Crippen LogP contribution in [0.25, 0.3) is 0 Å². The monoisotopic (exact) mass is 292 g/mol. The molecule has 0 aliphatic heterocycles. The molecule has 0 heterocycles. The molecular weight excluding hydrogens is 272 g/mol. The fourth-order valence-electron chi connectivity index (χ4n) is 3.13. The molecule has 1 aliphatic carbocycles. The molecule has 1 saturated carbocycles. The Morgan fingerprint density at radius 1 is 1.24 bits per heavy atom. The third-order valence-corrected chi connectivity index (χ3v) is 4.77. The quantitative estimate of drug-likeness (QED) is 0.621. The fraction of sp³-hybridized carbons (Fsp3) is 0.500. The first-order valence-corrected chi connectivity index (χ1v) is 7.38. The van der Waals surface area contributed by atoms with E-state index < -0.39 is 0 Å². The van der Waals surface area contributed by atoms with Gasteiger partial charge < -0.3 is 0 Å². The van der Waals surface area contributed by atoms with Gasteiger partial charge in [0.25, 0.3) is 0 Å². The summed E-state index contributed by atoms with van der Waals surface area (Å²) in [5.41, 5.74) is 3.33. The number of hydrogen-bond acceptors (Lipinski definition) is 0. The fourth-order valence-corrected chi connectivity index (χ4v) is 3.53. The highest BCUT2D eigenvalue weighted by molar-refractivity contribution is 9.10. The Morgan fingerprint density at radius 2 is 1.94 bits per heavy atom. The maximum absolute atomic E-state index is 3.60. The molecule has 1 aromatic carbocycles. The first-order valence-electron chi connectivity index (χ1n) is 6.58. The van der Waals surface area contributed by atoms with E-state index in [4.69, 9.17) is 0 Å². The van der Waals surface area contributed by atoms with Crippen LogP contribution in [0.5, 0.6) is 0 Å². The molecule has 92 valence electrons. The Kier molecular flexibility index (Phi) is 4.09. The highest BCUT2D eigenvalue weighted by atomic mass is 79.9. The molecule has 0 unspecified atom stereocenters. The smallest absolute Gasteiger partial charge is 0.0178 e. The van der Waals surface area contributed by atoms with Crippen LogP contribution < -0.4 is 0 Å². The number of halogens is 1. The minimum atomic E-state index is 0.302. The third kappa shape index (κ3) is 2.49. The average molecular weight is 293 g/mol. The van der Waals surface area contributed by atoms with Gasteiger partial charge in [-0.15, -0.1) is 0 Å². The molecule has 0 bridgehead atoms. The number of benzene rings is 1. The number of allylic oxidation sites excluding steroid dienone is 2. The zero-order chi connectivity index (χ0) is 12.3. The van der Waals surface area contributed by atoms with E-state index in [1.54, 1.807) is 0 Å². The maximum Gasteiger partial charge on any atom is 0.0178 e. The highest BCUT2D eigenvalue weighted by Crippen LogP contribution is 2.45. The molecule has 0 N–H and O–H groups in total. The number of hydrogen-bond donors (Lipinski definition) is 0. The van der Waals surface area contributed by atoms with E-state index in [0.717, 1.165) is 0 Å². The number of rotatable bonds is 2. The molecule has 0 saturated heterocycles. The van der Waals surface area contributed by atoms with Gasteiger partial charge in [-0.3, -0.25) is 0 Å². The minimum Gasteiger partial charge on any atom is -0.0878 e. The normalized spacial score (nSPS) is 20.3. The second kappa shape index (κ2) is 5.39. The van der Waals surface area contributed by atoms with Gasteiger partial charge in [-0.2, -0.15) is 0 Å². The predicted molar refractivity (Wildman–Crippen MR) is 78.3 cm³/mol. The molecule has 1 aromatic rings. The Labute approximate surface area is 113 Å².